The minimum Gasteiger partial charge on any atom is -0.480 e. The van der Waals surface area contributed by atoms with Crippen LogP contribution in [-0.4, -0.2) is 52.2 Å². The Morgan fingerprint density at radius 3 is 2.82 bits per heavy atom. The second kappa shape index (κ2) is 10.9. The normalized spacial score (nSPS) is 21.7. The zero-order valence-electron chi connectivity index (χ0n) is 22.2. The van der Waals surface area contributed by atoms with Crippen LogP contribution in [0.25, 0.3) is 10.8 Å². The molecule has 2 fully saturated rings. The number of pyridine rings is 2. The van der Waals surface area contributed by atoms with Crippen LogP contribution in [0.3, 0.4) is 0 Å². The number of hydrogen-bond acceptors (Lipinski definition) is 6. The second-order valence-corrected chi connectivity index (χ2v) is 11.3. The Kier molecular flexibility index (Phi) is 7.21. The largest absolute Gasteiger partial charge is 0.480 e. The number of nitrogens with one attached hydrogen (secondary N) is 2. The summed E-state index contributed by atoms with van der Waals surface area (Å²) in [5.41, 5.74) is 2.44. The summed E-state index contributed by atoms with van der Waals surface area (Å²) in [6.07, 6.45) is 9.77. The average molecular weight is 529 g/mol. The van der Waals surface area contributed by atoms with Gasteiger partial charge in [-0.05, 0) is 80.4 Å². The van der Waals surface area contributed by atoms with E-state index in [1.54, 1.807) is 6.20 Å². The molecule has 3 aromatic rings. The Hall–Kier alpha value is -3.52. The van der Waals surface area contributed by atoms with E-state index in [2.05, 4.69) is 27.8 Å². The monoisotopic (exact) mass is 528 g/mol. The summed E-state index contributed by atoms with van der Waals surface area (Å²) >= 11 is 0. The van der Waals surface area contributed by atoms with Crippen LogP contribution in [0.1, 0.15) is 61.9 Å². The maximum atomic E-state index is 13.3. The fourth-order valence-electron chi connectivity index (χ4n) is 6.01. The SMILES string of the molecule is O=C(O)[C@H](CCOC1CC(CCc2ccc3c(n2)NCCC3)C1)NC(=O)C1(c2nccc3ccccc23)CC1. The van der Waals surface area contributed by atoms with Crippen LogP contribution in [0.4, 0.5) is 5.82 Å². The second-order valence-electron chi connectivity index (χ2n) is 11.3. The summed E-state index contributed by atoms with van der Waals surface area (Å²) in [4.78, 5) is 34.6. The van der Waals surface area contributed by atoms with E-state index in [4.69, 9.17) is 9.72 Å². The Labute approximate surface area is 228 Å². The van der Waals surface area contributed by atoms with E-state index in [0.717, 1.165) is 66.6 Å². The number of rotatable bonds is 11. The molecule has 3 N–H and O–H groups in total. The number of anilines is 1. The van der Waals surface area contributed by atoms with Crippen LogP contribution in [0.2, 0.25) is 0 Å². The van der Waals surface area contributed by atoms with Gasteiger partial charge in [-0.25, -0.2) is 9.78 Å². The van der Waals surface area contributed by atoms with Crippen molar-refractivity contribution in [1.82, 2.24) is 15.3 Å². The molecule has 8 heteroatoms. The number of ether oxygens (including phenoxy) is 1. The lowest BCUT2D eigenvalue weighted by Crippen LogP contribution is -2.46. The molecule has 3 aliphatic rings. The zero-order chi connectivity index (χ0) is 26.8. The van der Waals surface area contributed by atoms with Gasteiger partial charge in [-0.2, -0.15) is 0 Å². The number of carboxylic acids is 1. The molecule has 8 nitrogen and oxygen atoms in total. The first-order valence-corrected chi connectivity index (χ1v) is 14.2. The maximum absolute atomic E-state index is 13.3. The Balaban J connectivity index is 0.957. The predicted octanol–water partition coefficient (Wildman–Crippen LogP) is 4.41. The van der Waals surface area contributed by atoms with Gasteiger partial charge in [0.25, 0.3) is 0 Å². The third-order valence-electron chi connectivity index (χ3n) is 8.63. The van der Waals surface area contributed by atoms with Crippen molar-refractivity contribution >= 4 is 28.5 Å². The molecule has 0 spiro atoms. The molecule has 2 aliphatic carbocycles. The highest BCUT2D eigenvalue weighted by Gasteiger charge is 2.54. The van der Waals surface area contributed by atoms with Gasteiger partial charge in [-0.1, -0.05) is 30.3 Å². The molecule has 0 radical (unpaired) electrons. The molecule has 1 aromatic carbocycles. The molecule has 6 rings (SSSR count). The van der Waals surface area contributed by atoms with E-state index in [0.29, 0.717) is 25.4 Å². The number of benzene rings is 1. The van der Waals surface area contributed by atoms with E-state index in [1.165, 1.54) is 12.0 Å². The van der Waals surface area contributed by atoms with Gasteiger partial charge in [0.05, 0.1) is 17.2 Å². The minimum atomic E-state index is -1.04. The van der Waals surface area contributed by atoms with E-state index >= 15 is 0 Å². The maximum Gasteiger partial charge on any atom is 0.326 e. The molecule has 2 aromatic heterocycles. The molecule has 204 valence electrons. The Morgan fingerprint density at radius 1 is 1.15 bits per heavy atom. The number of carbonyl (C=O) groups is 2. The first-order valence-electron chi connectivity index (χ1n) is 14.2. The highest BCUT2D eigenvalue weighted by molar-refractivity contribution is 5.98. The summed E-state index contributed by atoms with van der Waals surface area (Å²) in [7, 11) is 0. The van der Waals surface area contributed by atoms with Crippen molar-refractivity contribution in [3.8, 4) is 0 Å². The number of aryl methyl sites for hydroxylation is 2. The summed E-state index contributed by atoms with van der Waals surface area (Å²) < 4.78 is 5.99. The molecule has 1 atom stereocenters. The van der Waals surface area contributed by atoms with Crippen molar-refractivity contribution in [2.75, 3.05) is 18.5 Å². The Bertz CT molecular complexity index is 1360. The summed E-state index contributed by atoms with van der Waals surface area (Å²) in [6, 6.07) is 13.2. The molecule has 1 amide bonds. The van der Waals surface area contributed by atoms with E-state index in [-0.39, 0.29) is 18.4 Å². The number of amides is 1. The number of nitrogens with zero attached hydrogens (tertiary/aromatic N) is 2. The third-order valence-corrected chi connectivity index (χ3v) is 8.63. The zero-order valence-corrected chi connectivity index (χ0v) is 22.2. The van der Waals surface area contributed by atoms with Crippen molar-refractivity contribution in [1.29, 1.82) is 0 Å². The van der Waals surface area contributed by atoms with Crippen molar-refractivity contribution in [2.24, 2.45) is 5.92 Å². The molecule has 2 saturated carbocycles. The third kappa shape index (κ3) is 5.48. The van der Waals surface area contributed by atoms with Crippen molar-refractivity contribution in [3.05, 3.63) is 65.6 Å². The minimum absolute atomic E-state index is 0.160. The Morgan fingerprint density at radius 2 is 2.00 bits per heavy atom. The quantitative estimate of drug-likeness (QED) is 0.338. The van der Waals surface area contributed by atoms with Crippen LogP contribution < -0.4 is 10.6 Å². The van der Waals surface area contributed by atoms with Gasteiger partial charge < -0.3 is 20.5 Å². The van der Waals surface area contributed by atoms with Crippen LogP contribution in [0.5, 0.6) is 0 Å². The molecule has 39 heavy (non-hydrogen) atoms. The summed E-state index contributed by atoms with van der Waals surface area (Å²) in [5, 5.41) is 18.0. The van der Waals surface area contributed by atoms with Crippen molar-refractivity contribution in [2.45, 2.75) is 75.3 Å². The van der Waals surface area contributed by atoms with Crippen molar-refractivity contribution < 1.29 is 19.4 Å². The number of aliphatic carboxylic acids is 1. The van der Waals surface area contributed by atoms with Crippen molar-refractivity contribution in [3.63, 3.8) is 0 Å². The lowest BCUT2D eigenvalue weighted by molar-refractivity contribution is -0.143. The lowest BCUT2D eigenvalue weighted by Gasteiger charge is -2.35. The fourth-order valence-corrected chi connectivity index (χ4v) is 6.01. The standard InChI is InChI=1S/C31H36N4O4/c36-29(37)26(35-30(38)31(13-14-31)27-25-6-2-1-4-21(25)11-16-32-27)12-17-39-24-18-20(19-24)7-9-23-10-8-22-5-3-15-33-28(22)34-23/h1-2,4,6,8,10-11,16,20,24,26H,3,5,7,9,12-15,17-19H2,(H,33,34)(H,35,38)(H,36,37)/t20?,24?,26-/m0/s1. The first kappa shape index (κ1) is 25.7. The van der Waals surface area contributed by atoms with E-state index in [9.17, 15) is 14.7 Å². The van der Waals surface area contributed by atoms with Crippen LogP contribution >= 0.6 is 0 Å². The predicted molar refractivity (Wildman–Crippen MR) is 149 cm³/mol. The molecule has 1 aliphatic heterocycles. The summed E-state index contributed by atoms with van der Waals surface area (Å²) in [5.74, 6) is 0.369. The van der Waals surface area contributed by atoms with Crippen LogP contribution in [-0.2, 0) is 32.6 Å². The van der Waals surface area contributed by atoms with Gasteiger partial charge in [0.15, 0.2) is 0 Å². The highest BCUT2D eigenvalue weighted by Crippen LogP contribution is 2.49. The lowest BCUT2D eigenvalue weighted by atomic mass is 9.79. The van der Waals surface area contributed by atoms with Crippen LogP contribution in [0, 0.1) is 5.92 Å². The molecular formula is C31H36N4O4. The summed E-state index contributed by atoms with van der Waals surface area (Å²) in [6.45, 7) is 1.31. The topological polar surface area (TPSA) is 113 Å². The number of carboxylic acid groups (broad SMARTS) is 1. The van der Waals surface area contributed by atoms with E-state index < -0.39 is 17.4 Å². The molecule has 0 saturated heterocycles. The highest BCUT2D eigenvalue weighted by atomic mass is 16.5. The first-order chi connectivity index (χ1) is 19.0. The average Bonchev–Trinajstić information content (AvgIpc) is 3.74. The van der Waals surface area contributed by atoms with Gasteiger partial charge >= 0.3 is 5.97 Å². The van der Waals surface area contributed by atoms with E-state index in [1.807, 2.05) is 30.3 Å². The molecule has 3 heterocycles. The van der Waals surface area contributed by atoms with Gasteiger partial charge in [0, 0.05) is 36.8 Å². The number of aromatic nitrogens is 2. The number of fused-ring (bicyclic) bond motifs is 2. The van der Waals surface area contributed by atoms with Gasteiger partial charge in [0.2, 0.25) is 5.91 Å². The molecule has 0 bridgehead atoms. The van der Waals surface area contributed by atoms with Gasteiger partial charge in [-0.15, -0.1) is 0 Å². The van der Waals surface area contributed by atoms with Gasteiger partial charge in [0.1, 0.15) is 11.9 Å². The van der Waals surface area contributed by atoms with Gasteiger partial charge in [-0.3, -0.25) is 9.78 Å². The number of carbonyl (C=O) groups excluding carboxylic acids is 1. The number of hydrogen-bond donors (Lipinski definition) is 3. The smallest absolute Gasteiger partial charge is 0.326 e. The fraction of sp³-hybridized carbons (Fsp3) is 0.484. The molecule has 0 unspecified atom stereocenters. The molecular weight excluding hydrogens is 492 g/mol. The van der Waals surface area contributed by atoms with Crippen LogP contribution in [0.15, 0.2) is 48.7 Å².